The zero-order chi connectivity index (χ0) is 12.2. The predicted octanol–water partition coefficient (Wildman–Crippen LogP) is 5.75. The molecule has 0 bridgehead atoms. The molecule has 0 amide bonds. The van der Waals surface area contributed by atoms with E-state index in [1.165, 1.54) is 77.0 Å². The van der Waals surface area contributed by atoms with Crippen molar-refractivity contribution in [2.75, 3.05) is 0 Å². The quantitative estimate of drug-likeness (QED) is 0.329. The molecule has 102 valence electrons. The van der Waals surface area contributed by atoms with Crippen molar-refractivity contribution < 1.29 is 19.5 Å². The SMILES string of the molecule is C1=C(C2CCC(=C3CCCCC3)CC2)CC[CH-]C1.[Zn]. The molecule has 3 aliphatic carbocycles. The van der Waals surface area contributed by atoms with Crippen LogP contribution in [0.4, 0.5) is 0 Å². The van der Waals surface area contributed by atoms with Crippen LogP contribution in [0.5, 0.6) is 0 Å². The normalized spacial score (nSPS) is 28.6. The Morgan fingerprint density at radius 1 is 0.842 bits per heavy atom. The fourth-order valence-corrected chi connectivity index (χ4v) is 4.12. The van der Waals surface area contributed by atoms with Crippen LogP contribution in [-0.2, 0) is 19.5 Å². The Labute approximate surface area is 131 Å². The van der Waals surface area contributed by atoms with Crippen LogP contribution in [0.1, 0.15) is 77.0 Å². The Kier molecular flexibility index (Phi) is 6.34. The van der Waals surface area contributed by atoms with E-state index in [2.05, 4.69) is 12.5 Å². The van der Waals surface area contributed by atoms with Crippen molar-refractivity contribution in [3.63, 3.8) is 0 Å². The summed E-state index contributed by atoms with van der Waals surface area (Å²) in [6.45, 7) is 0. The first-order valence-electron chi connectivity index (χ1n) is 8.14. The van der Waals surface area contributed by atoms with Gasteiger partial charge in [-0.1, -0.05) is 29.6 Å². The van der Waals surface area contributed by atoms with E-state index in [1.807, 2.05) is 11.1 Å². The summed E-state index contributed by atoms with van der Waals surface area (Å²) in [5.41, 5.74) is 5.53. The van der Waals surface area contributed by atoms with E-state index in [9.17, 15) is 0 Å². The minimum absolute atomic E-state index is 0. The summed E-state index contributed by atoms with van der Waals surface area (Å²) in [4.78, 5) is 0. The van der Waals surface area contributed by atoms with Gasteiger partial charge in [0, 0.05) is 19.5 Å². The van der Waals surface area contributed by atoms with Gasteiger partial charge in [0.25, 0.3) is 0 Å². The van der Waals surface area contributed by atoms with E-state index in [0.717, 1.165) is 5.92 Å². The Bertz CT molecular complexity index is 333. The van der Waals surface area contributed by atoms with Gasteiger partial charge in [0.1, 0.15) is 0 Å². The van der Waals surface area contributed by atoms with Crippen molar-refractivity contribution in [3.8, 4) is 0 Å². The Balaban J connectivity index is 0.00000133. The zero-order valence-electron chi connectivity index (χ0n) is 12.4. The van der Waals surface area contributed by atoms with Crippen LogP contribution in [0.2, 0.25) is 0 Å². The topological polar surface area (TPSA) is 0 Å². The van der Waals surface area contributed by atoms with Crippen molar-refractivity contribution in [1.29, 1.82) is 0 Å². The van der Waals surface area contributed by atoms with Crippen molar-refractivity contribution >= 4 is 0 Å². The molecule has 0 aromatic rings. The number of allylic oxidation sites excluding steroid dienone is 4. The van der Waals surface area contributed by atoms with Crippen molar-refractivity contribution in [3.05, 3.63) is 29.2 Å². The Hall–Kier alpha value is 0.103. The third-order valence-electron chi connectivity index (χ3n) is 5.25. The predicted molar refractivity (Wildman–Crippen MR) is 78.3 cm³/mol. The molecule has 2 fully saturated rings. The maximum absolute atomic E-state index is 2.52. The largest absolute Gasteiger partial charge is 0.325 e. The molecule has 0 aromatic carbocycles. The summed E-state index contributed by atoms with van der Waals surface area (Å²) >= 11 is 0. The average molecular weight is 309 g/mol. The Morgan fingerprint density at radius 3 is 2.16 bits per heavy atom. The van der Waals surface area contributed by atoms with Crippen molar-refractivity contribution in [1.82, 2.24) is 0 Å². The van der Waals surface area contributed by atoms with Crippen LogP contribution in [0.15, 0.2) is 22.8 Å². The molecule has 0 atom stereocenters. The average Bonchev–Trinajstić information content (AvgIpc) is 2.49. The van der Waals surface area contributed by atoms with Gasteiger partial charge in [-0.25, -0.2) is 0 Å². The second-order valence-electron chi connectivity index (χ2n) is 6.38. The monoisotopic (exact) mass is 307 g/mol. The van der Waals surface area contributed by atoms with Gasteiger partial charge >= 0.3 is 0 Å². The second-order valence-corrected chi connectivity index (χ2v) is 6.38. The van der Waals surface area contributed by atoms with E-state index in [1.54, 1.807) is 5.57 Å². The molecular formula is C18H27Zn-. The van der Waals surface area contributed by atoms with Crippen LogP contribution >= 0.6 is 0 Å². The van der Waals surface area contributed by atoms with Crippen LogP contribution in [0, 0.1) is 12.3 Å². The molecule has 0 spiro atoms. The first-order valence-corrected chi connectivity index (χ1v) is 8.14. The summed E-state index contributed by atoms with van der Waals surface area (Å²) in [6.07, 6.45) is 21.9. The van der Waals surface area contributed by atoms with Gasteiger partial charge in [0.05, 0.1) is 0 Å². The van der Waals surface area contributed by atoms with Gasteiger partial charge in [-0.2, -0.15) is 12.8 Å². The van der Waals surface area contributed by atoms with Gasteiger partial charge in [-0.3, -0.25) is 0 Å². The molecule has 0 N–H and O–H groups in total. The molecule has 3 aliphatic rings. The number of hydrogen-bond acceptors (Lipinski definition) is 0. The van der Waals surface area contributed by atoms with E-state index < -0.39 is 0 Å². The summed E-state index contributed by atoms with van der Waals surface area (Å²) in [5, 5.41) is 0. The third kappa shape index (κ3) is 4.04. The number of hydrogen-bond donors (Lipinski definition) is 0. The maximum Gasteiger partial charge on any atom is 0 e. The maximum atomic E-state index is 2.52. The summed E-state index contributed by atoms with van der Waals surface area (Å²) in [7, 11) is 0. The zero-order valence-corrected chi connectivity index (χ0v) is 15.4. The van der Waals surface area contributed by atoms with Gasteiger partial charge in [0.15, 0.2) is 0 Å². The van der Waals surface area contributed by atoms with Crippen LogP contribution in [0.25, 0.3) is 0 Å². The standard InChI is InChI=1S/C18H27.Zn/c1-3-7-15(8-4-1)17-11-13-18(14-12-17)16-9-5-2-6-10-16;/h1,7,17H,2-6,8-14H2;/q-1;. The molecule has 19 heavy (non-hydrogen) atoms. The molecule has 3 rings (SSSR count). The van der Waals surface area contributed by atoms with Gasteiger partial charge in [0.2, 0.25) is 0 Å². The molecular weight excluding hydrogens is 282 g/mol. The fraction of sp³-hybridized carbons (Fsp3) is 0.722. The number of rotatable bonds is 1. The molecule has 2 saturated carbocycles. The van der Waals surface area contributed by atoms with Gasteiger partial charge in [-0.05, 0) is 57.3 Å². The first-order chi connectivity index (χ1) is 8.93. The molecule has 1 heteroatoms. The molecule has 0 heterocycles. The first kappa shape index (κ1) is 15.5. The Morgan fingerprint density at radius 2 is 1.53 bits per heavy atom. The van der Waals surface area contributed by atoms with Gasteiger partial charge < -0.3 is 6.42 Å². The van der Waals surface area contributed by atoms with Crippen LogP contribution < -0.4 is 0 Å². The molecule has 0 nitrogen and oxygen atoms in total. The van der Waals surface area contributed by atoms with Crippen molar-refractivity contribution in [2.45, 2.75) is 77.0 Å². The van der Waals surface area contributed by atoms with Crippen LogP contribution in [0.3, 0.4) is 0 Å². The molecule has 0 saturated heterocycles. The molecule has 0 aromatic heterocycles. The summed E-state index contributed by atoms with van der Waals surface area (Å²) < 4.78 is 0. The van der Waals surface area contributed by atoms with E-state index in [4.69, 9.17) is 0 Å². The van der Waals surface area contributed by atoms with Crippen LogP contribution in [-0.4, -0.2) is 0 Å². The van der Waals surface area contributed by atoms with Gasteiger partial charge in [-0.15, -0.1) is 6.08 Å². The minimum atomic E-state index is 0. The van der Waals surface area contributed by atoms with E-state index in [0.29, 0.717) is 0 Å². The second kappa shape index (κ2) is 7.77. The summed E-state index contributed by atoms with van der Waals surface area (Å²) in [6, 6.07) is 0. The van der Waals surface area contributed by atoms with Crippen molar-refractivity contribution in [2.24, 2.45) is 5.92 Å². The molecule has 0 aliphatic heterocycles. The van der Waals surface area contributed by atoms with E-state index >= 15 is 0 Å². The third-order valence-corrected chi connectivity index (χ3v) is 5.25. The molecule has 0 unspecified atom stereocenters. The van der Waals surface area contributed by atoms with E-state index in [-0.39, 0.29) is 19.5 Å². The fourth-order valence-electron chi connectivity index (χ4n) is 4.12. The smallest absolute Gasteiger partial charge is 0 e. The minimum Gasteiger partial charge on any atom is -0.325 e. The molecule has 0 radical (unpaired) electrons. The summed E-state index contributed by atoms with van der Waals surface area (Å²) in [5.74, 6) is 0.937.